The van der Waals surface area contributed by atoms with Crippen LogP contribution in [-0.2, 0) is 9.59 Å². The summed E-state index contributed by atoms with van der Waals surface area (Å²) >= 11 is 2.23. The first-order valence-electron chi connectivity index (χ1n) is 11.9. The van der Waals surface area contributed by atoms with E-state index < -0.39 is 17.7 Å². The van der Waals surface area contributed by atoms with Gasteiger partial charge in [-0.25, -0.2) is 0 Å². The van der Waals surface area contributed by atoms with E-state index in [9.17, 15) is 14.7 Å². The second kappa shape index (κ2) is 12.4. The molecule has 1 aliphatic rings. The van der Waals surface area contributed by atoms with Crippen LogP contribution in [0.1, 0.15) is 50.8 Å². The Bertz CT molecular complexity index is 1030. The molecular formula is C27H33IN2O4. The molecule has 0 aromatic heterocycles. The van der Waals surface area contributed by atoms with Crippen molar-refractivity contribution in [3.8, 4) is 5.75 Å². The molecule has 1 unspecified atom stereocenters. The third kappa shape index (κ3) is 5.99. The van der Waals surface area contributed by atoms with Crippen LogP contribution in [0.25, 0.3) is 5.76 Å². The number of aliphatic hydroxyl groups excluding tert-OH is 1. The number of ketones is 1. The molecule has 0 bridgehead atoms. The lowest BCUT2D eigenvalue weighted by Gasteiger charge is -2.27. The molecule has 0 saturated carbocycles. The van der Waals surface area contributed by atoms with Gasteiger partial charge in [0.15, 0.2) is 0 Å². The van der Waals surface area contributed by atoms with E-state index in [1.165, 1.54) is 0 Å². The van der Waals surface area contributed by atoms with Gasteiger partial charge in [-0.3, -0.25) is 9.59 Å². The second-order valence-corrected chi connectivity index (χ2v) is 9.55. The fourth-order valence-corrected chi connectivity index (χ4v) is 4.57. The maximum absolute atomic E-state index is 13.2. The predicted octanol–water partition coefficient (Wildman–Crippen LogP) is 5.23. The van der Waals surface area contributed by atoms with Crippen LogP contribution in [0, 0.1) is 3.57 Å². The monoisotopic (exact) mass is 576 g/mol. The Morgan fingerprint density at radius 3 is 2.44 bits per heavy atom. The van der Waals surface area contributed by atoms with Crippen molar-refractivity contribution in [3.05, 3.63) is 68.8 Å². The van der Waals surface area contributed by atoms with Gasteiger partial charge in [-0.1, -0.05) is 45.0 Å². The van der Waals surface area contributed by atoms with Gasteiger partial charge >= 0.3 is 0 Å². The van der Waals surface area contributed by atoms with Gasteiger partial charge in [0.05, 0.1) is 18.2 Å². The Morgan fingerprint density at radius 1 is 1.09 bits per heavy atom. The highest BCUT2D eigenvalue weighted by molar-refractivity contribution is 14.1. The van der Waals surface area contributed by atoms with Gasteiger partial charge in [0.2, 0.25) is 0 Å². The molecule has 2 aromatic carbocycles. The number of ether oxygens (including phenoxy) is 1. The topological polar surface area (TPSA) is 70.1 Å². The van der Waals surface area contributed by atoms with Crippen LogP contribution in [0.3, 0.4) is 0 Å². The van der Waals surface area contributed by atoms with Gasteiger partial charge in [-0.05, 0) is 84.9 Å². The fraction of sp³-hybridized carbons (Fsp3) is 0.407. The van der Waals surface area contributed by atoms with Gasteiger partial charge in [-0.2, -0.15) is 0 Å². The first kappa shape index (κ1) is 26.2. The van der Waals surface area contributed by atoms with Gasteiger partial charge in [-0.15, -0.1) is 0 Å². The lowest BCUT2D eigenvalue weighted by Crippen LogP contribution is -2.33. The van der Waals surface area contributed by atoms with Gasteiger partial charge in [0.1, 0.15) is 11.5 Å². The number of likely N-dealkylation sites (tertiary alicyclic amines) is 1. The summed E-state index contributed by atoms with van der Waals surface area (Å²) in [4.78, 5) is 30.2. The molecule has 0 radical (unpaired) electrons. The number of amides is 1. The van der Waals surface area contributed by atoms with Crippen molar-refractivity contribution in [2.75, 3.05) is 32.8 Å². The average Bonchev–Trinajstić information content (AvgIpc) is 3.10. The molecule has 1 amide bonds. The van der Waals surface area contributed by atoms with Gasteiger partial charge in [0, 0.05) is 15.7 Å². The van der Waals surface area contributed by atoms with Gasteiger partial charge in [0.25, 0.3) is 11.7 Å². The van der Waals surface area contributed by atoms with E-state index in [4.69, 9.17) is 4.74 Å². The summed E-state index contributed by atoms with van der Waals surface area (Å²) in [6, 6.07) is 14.1. The number of rotatable bonds is 11. The number of halogens is 1. The molecule has 7 heteroatoms. The maximum Gasteiger partial charge on any atom is 0.295 e. The Balaban J connectivity index is 2.01. The smallest absolute Gasteiger partial charge is 0.295 e. The molecule has 0 spiro atoms. The summed E-state index contributed by atoms with van der Waals surface area (Å²) in [5.41, 5.74) is 1.40. The van der Waals surface area contributed by atoms with E-state index in [0.29, 0.717) is 24.5 Å². The number of hydrogen-bond acceptors (Lipinski definition) is 5. The Hall–Kier alpha value is -2.39. The largest absolute Gasteiger partial charge is 0.507 e. The van der Waals surface area contributed by atoms with Crippen LogP contribution in [-0.4, -0.2) is 59.4 Å². The van der Waals surface area contributed by atoms with E-state index in [-0.39, 0.29) is 11.3 Å². The molecule has 2 aromatic rings. The van der Waals surface area contributed by atoms with Crippen molar-refractivity contribution in [1.82, 2.24) is 9.80 Å². The minimum atomic E-state index is -0.649. The molecule has 6 nitrogen and oxygen atoms in total. The highest BCUT2D eigenvalue weighted by Crippen LogP contribution is 2.40. The molecule has 3 rings (SSSR count). The third-order valence-corrected chi connectivity index (χ3v) is 6.79. The fourth-order valence-electron chi connectivity index (χ4n) is 4.22. The van der Waals surface area contributed by atoms with Gasteiger partial charge < -0.3 is 19.6 Å². The second-order valence-electron chi connectivity index (χ2n) is 8.30. The molecule has 34 heavy (non-hydrogen) atoms. The Kier molecular flexibility index (Phi) is 9.53. The van der Waals surface area contributed by atoms with Crippen molar-refractivity contribution in [2.24, 2.45) is 0 Å². The first-order valence-corrected chi connectivity index (χ1v) is 13.0. The number of aliphatic hydroxyl groups is 1. The van der Waals surface area contributed by atoms with E-state index >= 15 is 0 Å². The summed E-state index contributed by atoms with van der Waals surface area (Å²) in [6.45, 7) is 9.95. The molecule has 182 valence electrons. The van der Waals surface area contributed by atoms with Crippen molar-refractivity contribution >= 4 is 40.0 Å². The average molecular weight is 576 g/mol. The molecule has 0 aliphatic carbocycles. The summed E-state index contributed by atoms with van der Waals surface area (Å²) < 4.78 is 6.75. The molecule has 1 fully saturated rings. The van der Waals surface area contributed by atoms with Crippen molar-refractivity contribution in [1.29, 1.82) is 0 Å². The number of benzene rings is 2. The number of carbonyl (C=O) groups is 2. The van der Waals surface area contributed by atoms with Crippen LogP contribution in [0.15, 0.2) is 54.1 Å². The number of hydrogen-bond donors (Lipinski definition) is 1. The summed E-state index contributed by atoms with van der Waals surface area (Å²) in [7, 11) is 0. The molecule has 1 N–H and O–H groups in total. The van der Waals surface area contributed by atoms with Crippen molar-refractivity contribution in [3.63, 3.8) is 0 Å². The standard InChI is InChI=1S/C27H33IN2O4/c1-4-17-34-22-10-7-9-20(18-22)25(31)23-24(19-11-13-21(28)14-12-19)30(27(33)26(23)32)16-8-15-29(5-2)6-3/h7,9-14,18,24,31H,4-6,8,15-17H2,1-3H3. The van der Waals surface area contributed by atoms with Crippen molar-refractivity contribution in [2.45, 2.75) is 39.7 Å². The molecule has 1 heterocycles. The summed E-state index contributed by atoms with van der Waals surface area (Å²) in [6.07, 6.45) is 1.61. The Labute approximate surface area is 215 Å². The zero-order valence-corrected chi connectivity index (χ0v) is 22.2. The van der Waals surface area contributed by atoms with Crippen LogP contribution >= 0.6 is 22.6 Å². The SMILES string of the molecule is CCCOc1cccc(C(O)=C2C(=O)C(=O)N(CCCN(CC)CC)C2c2ccc(I)cc2)c1. The number of nitrogens with zero attached hydrogens (tertiary/aromatic N) is 2. The summed E-state index contributed by atoms with van der Waals surface area (Å²) in [5.74, 6) is -0.771. The highest BCUT2D eigenvalue weighted by atomic mass is 127. The summed E-state index contributed by atoms with van der Waals surface area (Å²) in [5, 5.41) is 11.3. The lowest BCUT2D eigenvalue weighted by atomic mass is 9.95. The predicted molar refractivity (Wildman–Crippen MR) is 143 cm³/mol. The third-order valence-electron chi connectivity index (χ3n) is 6.07. The molecular weight excluding hydrogens is 543 g/mol. The molecule has 1 saturated heterocycles. The number of carbonyl (C=O) groups excluding carboxylic acids is 2. The van der Waals surface area contributed by atoms with Crippen LogP contribution in [0.2, 0.25) is 0 Å². The van der Waals surface area contributed by atoms with E-state index in [0.717, 1.165) is 41.6 Å². The molecule has 1 atom stereocenters. The van der Waals surface area contributed by atoms with E-state index in [2.05, 4.69) is 41.3 Å². The quantitative estimate of drug-likeness (QED) is 0.172. The normalized spacial score (nSPS) is 17.6. The van der Waals surface area contributed by atoms with E-state index in [1.807, 2.05) is 37.3 Å². The molecule has 1 aliphatic heterocycles. The number of Topliss-reactive ketones (excluding diaryl/α,β-unsaturated/α-hetero) is 1. The van der Waals surface area contributed by atoms with Crippen LogP contribution < -0.4 is 4.74 Å². The maximum atomic E-state index is 13.2. The van der Waals surface area contributed by atoms with Crippen LogP contribution in [0.4, 0.5) is 0 Å². The minimum Gasteiger partial charge on any atom is -0.507 e. The minimum absolute atomic E-state index is 0.127. The van der Waals surface area contributed by atoms with E-state index in [1.54, 1.807) is 23.1 Å². The lowest BCUT2D eigenvalue weighted by molar-refractivity contribution is -0.140. The first-order chi connectivity index (χ1) is 16.4. The zero-order chi connectivity index (χ0) is 24.7. The van der Waals surface area contributed by atoms with Crippen molar-refractivity contribution < 1.29 is 19.4 Å². The zero-order valence-electron chi connectivity index (χ0n) is 20.1. The highest BCUT2D eigenvalue weighted by Gasteiger charge is 2.45. The van der Waals surface area contributed by atoms with Crippen LogP contribution in [0.5, 0.6) is 5.75 Å². The Morgan fingerprint density at radius 2 is 1.79 bits per heavy atom.